The van der Waals surface area contributed by atoms with Crippen LogP contribution in [0.5, 0.6) is 11.5 Å². The molecular weight excluding hydrogens is 416 g/mol. The Balaban J connectivity index is 1.41. The van der Waals surface area contributed by atoms with Crippen LogP contribution < -0.4 is 9.47 Å². The number of nitrogens with zero attached hydrogens (tertiary/aromatic N) is 4. The van der Waals surface area contributed by atoms with Crippen molar-refractivity contribution in [3.8, 4) is 11.5 Å². The number of rotatable bonds is 6. The number of amides is 1. The molecule has 0 saturated carbocycles. The molecule has 1 fully saturated rings. The van der Waals surface area contributed by atoms with Crippen LogP contribution in [0.25, 0.3) is 11.0 Å². The third-order valence-electron chi connectivity index (χ3n) is 6.21. The smallest absolute Gasteiger partial charge is 0.255 e. The zero-order chi connectivity index (χ0) is 22.8. The van der Waals surface area contributed by atoms with Crippen molar-refractivity contribution in [2.24, 2.45) is 0 Å². The van der Waals surface area contributed by atoms with Gasteiger partial charge in [-0.2, -0.15) is 5.10 Å². The van der Waals surface area contributed by atoms with Gasteiger partial charge in [-0.3, -0.25) is 4.79 Å². The molecule has 0 bridgehead atoms. The van der Waals surface area contributed by atoms with E-state index in [0.29, 0.717) is 18.7 Å². The van der Waals surface area contributed by atoms with Gasteiger partial charge in [0, 0.05) is 29.8 Å². The number of methoxy groups -OCH3 is 2. The van der Waals surface area contributed by atoms with Crippen LogP contribution in [0, 0.1) is 0 Å². The number of pyridine rings is 1. The topological polar surface area (TPSA) is 69.5 Å². The SMILES string of the molecule is COc1ccc([C@H]2CCCN2C(=O)c2cnc3c(cnn3Cc3ccccc3)c2)c(OC)c1. The summed E-state index contributed by atoms with van der Waals surface area (Å²) < 4.78 is 12.8. The molecule has 168 valence electrons. The van der Waals surface area contributed by atoms with Crippen molar-refractivity contribution in [2.45, 2.75) is 25.4 Å². The molecule has 5 rings (SSSR count). The summed E-state index contributed by atoms with van der Waals surface area (Å²) in [6.45, 7) is 1.33. The average molecular weight is 443 g/mol. The number of ether oxygens (including phenoxy) is 2. The lowest BCUT2D eigenvalue weighted by Crippen LogP contribution is -2.30. The molecule has 7 heteroatoms. The van der Waals surface area contributed by atoms with Crippen molar-refractivity contribution >= 4 is 16.9 Å². The van der Waals surface area contributed by atoms with E-state index in [0.717, 1.165) is 46.5 Å². The van der Waals surface area contributed by atoms with Crippen molar-refractivity contribution in [1.82, 2.24) is 19.7 Å². The molecule has 1 aliphatic rings. The van der Waals surface area contributed by atoms with Gasteiger partial charge in [0.05, 0.1) is 38.6 Å². The van der Waals surface area contributed by atoms with Crippen LogP contribution >= 0.6 is 0 Å². The quantitative estimate of drug-likeness (QED) is 0.441. The molecule has 2 aromatic carbocycles. The first kappa shape index (κ1) is 21.0. The second kappa shape index (κ2) is 8.94. The van der Waals surface area contributed by atoms with Crippen LogP contribution in [-0.4, -0.2) is 46.3 Å². The molecule has 1 saturated heterocycles. The number of hydrogen-bond acceptors (Lipinski definition) is 5. The fourth-order valence-corrected chi connectivity index (χ4v) is 4.55. The van der Waals surface area contributed by atoms with Crippen molar-refractivity contribution in [3.05, 3.63) is 83.7 Å². The Labute approximate surface area is 192 Å². The minimum atomic E-state index is -0.0464. The molecule has 0 radical (unpaired) electrons. The van der Waals surface area contributed by atoms with Gasteiger partial charge in [0.1, 0.15) is 11.5 Å². The van der Waals surface area contributed by atoms with Gasteiger partial charge < -0.3 is 14.4 Å². The minimum Gasteiger partial charge on any atom is -0.497 e. The van der Waals surface area contributed by atoms with Crippen LogP contribution in [0.1, 0.15) is 40.4 Å². The maximum Gasteiger partial charge on any atom is 0.255 e. The van der Waals surface area contributed by atoms with Crippen LogP contribution in [-0.2, 0) is 6.54 Å². The molecule has 33 heavy (non-hydrogen) atoms. The monoisotopic (exact) mass is 442 g/mol. The van der Waals surface area contributed by atoms with E-state index in [4.69, 9.17) is 9.47 Å². The molecule has 1 amide bonds. The zero-order valence-corrected chi connectivity index (χ0v) is 18.8. The Morgan fingerprint density at radius 2 is 1.91 bits per heavy atom. The van der Waals surface area contributed by atoms with Gasteiger partial charge in [-0.25, -0.2) is 9.67 Å². The Kier molecular flexibility index (Phi) is 5.69. The summed E-state index contributed by atoms with van der Waals surface area (Å²) in [5, 5.41) is 5.35. The third kappa shape index (κ3) is 4.02. The molecule has 1 atom stereocenters. The standard InChI is InChI=1S/C26H26N4O3/c1-32-21-10-11-22(24(14-21)33-2)23-9-6-12-29(23)26(31)20-13-19-16-28-30(25(19)27-15-20)17-18-7-4-3-5-8-18/h3-5,7-8,10-11,13-16,23H,6,9,12,17H2,1-2H3/t23-/m1/s1. The van der Waals surface area contributed by atoms with Crippen LogP contribution in [0.2, 0.25) is 0 Å². The lowest BCUT2D eigenvalue weighted by atomic mass is 10.0. The van der Waals surface area contributed by atoms with Crippen LogP contribution in [0.15, 0.2) is 67.0 Å². The summed E-state index contributed by atoms with van der Waals surface area (Å²) in [7, 11) is 3.27. The molecule has 0 N–H and O–H groups in total. The number of likely N-dealkylation sites (tertiary alicyclic amines) is 1. The van der Waals surface area contributed by atoms with E-state index in [9.17, 15) is 4.79 Å². The summed E-state index contributed by atoms with van der Waals surface area (Å²) in [5.74, 6) is 1.43. The van der Waals surface area contributed by atoms with E-state index in [2.05, 4.69) is 22.2 Å². The largest absolute Gasteiger partial charge is 0.497 e. The Bertz CT molecular complexity index is 1290. The highest BCUT2D eigenvalue weighted by atomic mass is 16.5. The van der Waals surface area contributed by atoms with Gasteiger partial charge in [0.25, 0.3) is 5.91 Å². The molecule has 0 aliphatic carbocycles. The van der Waals surface area contributed by atoms with Gasteiger partial charge in [-0.1, -0.05) is 30.3 Å². The maximum atomic E-state index is 13.5. The summed E-state index contributed by atoms with van der Waals surface area (Å²) in [6, 6.07) is 17.7. The van der Waals surface area contributed by atoms with E-state index in [-0.39, 0.29) is 11.9 Å². The number of hydrogen-bond donors (Lipinski definition) is 0. The van der Waals surface area contributed by atoms with Crippen molar-refractivity contribution in [3.63, 3.8) is 0 Å². The highest BCUT2D eigenvalue weighted by Crippen LogP contribution is 2.39. The molecule has 2 aromatic heterocycles. The van der Waals surface area contributed by atoms with E-state index in [1.807, 2.05) is 52.0 Å². The number of benzene rings is 2. The average Bonchev–Trinajstić information content (AvgIpc) is 3.51. The van der Waals surface area contributed by atoms with Crippen LogP contribution in [0.4, 0.5) is 0 Å². The number of fused-ring (bicyclic) bond motifs is 1. The van der Waals surface area contributed by atoms with Crippen molar-refractivity contribution in [2.75, 3.05) is 20.8 Å². The molecule has 4 aromatic rings. The number of carbonyl (C=O) groups is 1. The first-order valence-corrected chi connectivity index (χ1v) is 11.1. The Morgan fingerprint density at radius 1 is 1.06 bits per heavy atom. The second-order valence-electron chi connectivity index (χ2n) is 8.19. The van der Waals surface area contributed by atoms with Crippen LogP contribution in [0.3, 0.4) is 0 Å². The summed E-state index contributed by atoms with van der Waals surface area (Å²) in [6.07, 6.45) is 5.26. The van der Waals surface area contributed by atoms with E-state index < -0.39 is 0 Å². The maximum absolute atomic E-state index is 13.5. The van der Waals surface area contributed by atoms with E-state index >= 15 is 0 Å². The summed E-state index contributed by atoms with van der Waals surface area (Å²) in [5.41, 5.74) is 3.48. The van der Waals surface area contributed by atoms with E-state index in [1.54, 1.807) is 26.6 Å². The minimum absolute atomic E-state index is 0.0272. The second-order valence-corrected chi connectivity index (χ2v) is 8.19. The number of aromatic nitrogens is 3. The number of carbonyl (C=O) groups excluding carboxylic acids is 1. The first-order valence-electron chi connectivity index (χ1n) is 11.1. The highest BCUT2D eigenvalue weighted by molar-refractivity contribution is 5.97. The first-order chi connectivity index (χ1) is 16.2. The molecule has 0 spiro atoms. The van der Waals surface area contributed by atoms with Gasteiger partial charge >= 0.3 is 0 Å². The molecule has 7 nitrogen and oxygen atoms in total. The predicted octanol–water partition coefficient (Wildman–Crippen LogP) is 4.47. The molecule has 1 aliphatic heterocycles. The molecule has 0 unspecified atom stereocenters. The Morgan fingerprint density at radius 3 is 2.70 bits per heavy atom. The zero-order valence-electron chi connectivity index (χ0n) is 18.8. The summed E-state index contributed by atoms with van der Waals surface area (Å²) >= 11 is 0. The highest BCUT2D eigenvalue weighted by Gasteiger charge is 2.33. The summed E-state index contributed by atoms with van der Waals surface area (Å²) in [4.78, 5) is 20.0. The van der Waals surface area contributed by atoms with Gasteiger partial charge in [0.15, 0.2) is 5.65 Å². The van der Waals surface area contributed by atoms with Crippen molar-refractivity contribution in [1.29, 1.82) is 0 Å². The Hall–Kier alpha value is -3.87. The normalized spacial score (nSPS) is 15.7. The molecular formula is C26H26N4O3. The molecule has 3 heterocycles. The lowest BCUT2D eigenvalue weighted by Gasteiger charge is -2.26. The fraction of sp³-hybridized carbons (Fsp3) is 0.269. The predicted molar refractivity (Wildman–Crippen MR) is 126 cm³/mol. The van der Waals surface area contributed by atoms with Gasteiger partial charge in [0.2, 0.25) is 0 Å². The fourth-order valence-electron chi connectivity index (χ4n) is 4.55. The lowest BCUT2D eigenvalue weighted by molar-refractivity contribution is 0.0734. The van der Waals surface area contributed by atoms with E-state index in [1.165, 1.54) is 0 Å². The van der Waals surface area contributed by atoms with Gasteiger partial charge in [-0.05, 0) is 36.6 Å². The van der Waals surface area contributed by atoms with Gasteiger partial charge in [-0.15, -0.1) is 0 Å². The van der Waals surface area contributed by atoms with Crippen molar-refractivity contribution < 1.29 is 14.3 Å². The third-order valence-corrected chi connectivity index (χ3v) is 6.21.